The van der Waals surface area contributed by atoms with Gasteiger partial charge in [0.1, 0.15) is 0 Å². The van der Waals surface area contributed by atoms with Crippen LogP contribution in [-0.4, -0.2) is 34.4 Å². The lowest BCUT2D eigenvalue weighted by atomic mass is 9.97. The maximum absolute atomic E-state index is 13.8. The van der Waals surface area contributed by atoms with E-state index in [1.54, 1.807) is 6.07 Å². The van der Waals surface area contributed by atoms with E-state index in [1.165, 1.54) is 24.8 Å². The van der Waals surface area contributed by atoms with E-state index in [0.717, 1.165) is 47.4 Å². The molecule has 4 aromatic carbocycles. The Labute approximate surface area is 269 Å². The molecule has 232 valence electrons. The maximum Gasteiger partial charge on any atom is 0.258 e. The summed E-state index contributed by atoms with van der Waals surface area (Å²) in [6.45, 7) is 5.13. The SMILES string of the molecule is C[C@@H](NC(=O)c1ccc2c(c1)C(=C(Nc1cccc(CN3CCCCC3)c1)c1ccc3c(ccn3C)c1)C(=O)N2)c1ccccc1. The second-order valence-corrected chi connectivity index (χ2v) is 12.4. The number of aryl methyl sites for hydroxylation is 1. The smallest absolute Gasteiger partial charge is 0.258 e. The molecule has 1 saturated heterocycles. The first-order valence-corrected chi connectivity index (χ1v) is 16.1. The molecule has 3 heterocycles. The molecule has 0 unspecified atom stereocenters. The van der Waals surface area contributed by atoms with Gasteiger partial charge >= 0.3 is 0 Å². The zero-order chi connectivity index (χ0) is 31.6. The van der Waals surface area contributed by atoms with Crippen molar-refractivity contribution in [3.63, 3.8) is 0 Å². The average molecular weight is 610 g/mol. The second-order valence-electron chi connectivity index (χ2n) is 12.4. The van der Waals surface area contributed by atoms with Crippen LogP contribution in [-0.2, 0) is 18.4 Å². The van der Waals surface area contributed by atoms with Crippen molar-refractivity contribution < 1.29 is 9.59 Å². The van der Waals surface area contributed by atoms with E-state index in [4.69, 9.17) is 0 Å². The lowest BCUT2D eigenvalue weighted by molar-refractivity contribution is -0.110. The minimum absolute atomic E-state index is 0.163. The van der Waals surface area contributed by atoms with Crippen LogP contribution in [0.5, 0.6) is 0 Å². The van der Waals surface area contributed by atoms with E-state index >= 15 is 0 Å². The Morgan fingerprint density at radius 3 is 2.50 bits per heavy atom. The highest BCUT2D eigenvalue weighted by atomic mass is 16.2. The van der Waals surface area contributed by atoms with E-state index in [-0.39, 0.29) is 17.9 Å². The highest BCUT2D eigenvalue weighted by Gasteiger charge is 2.30. The summed E-state index contributed by atoms with van der Waals surface area (Å²) in [6, 6.07) is 31.9. The molecule has 2 aliphatic heterocycles. The Balaban J connectivity index is 1.27. The van der Waals surface area contributed by atoms with Gasteiger partial charge in [0, 0.05) is 53.2 Å². The topological polar surface area (TPSA) is 78.4 Å². The van der Waals surface area contributed by atoms with Crippen molar-refractivity contribution in [1.82, 2.24) is 14.8 Å². The van der Waals surface area contributed by atoms with E-state index < -0.39 is 0 Å². The van der Waals surface area contributed by atoms with E-state index in [2.05, 4.69) is 67.9 Å². The van der Waals surface area contributed by atoms with Gasteiger partial charge in [-0.3, -0.25) is 14.5 Å². The van der Waals surface area contributed by atoms with Crippen LogP contribution in [0.1, 0.15) is 64.8 Å². The van der Waals surface area contributed by atoms with Gasteiger partial charge in [-0.25, -0.2) is 0 Å². The average Bonchev–Trinajstić information content (AvgIpc) is 3.62. The molecule has 0 saturated carbocycles. The molecule has 2 aliphatic rings. The number of aromatic nitrogens is 1. The summed E-state index contributed by atoms with van der Waals surface area (Å²) in [5.41, 5.74) is 8.28. The molecule has 7 heteroatoms. The van der Waals surface area contributed by atoms with Crippen LogP contribution in [0.4, 0.5) is 11.4 Å². The Bertz CT molecular complexity index is 1950. The monoisotopic (exact) mass is 609 g/mol. The molecule has 1 aromatic heterocycles. The predicted molar refractivity (Wildman–Crippen MR) is 186 cm³/mol. The zero-order valence-electron chi connectivity index (χ0n) is 26.3. The van der Waals surface area contributed by atoms with Crippen LogP contribution in [0, 0.1) is 0 Å². The fraction of sp³-hybridized carbons (Fsp3) is 0.231. The normalized spacial score (nSPS) is 16.5. The first-order chi connectivity index (χ1) is 22.4. The molecule has 0 radical (unpaired) electrons. The fourth-order valence-electron chi connectivity index (χ4n) is 6.65. The number of benzene rings is 4. The molecule has 5 aromatic rings. The summed E-state index contributed by atoms with van der Waals surface area (Å²) < 4.78 is 2.09. The van der Waals surface area contributed by atoms with Crippen molar-refractivity contribution in [3.8, 4) is 0 Å². The molecule has 1 atom stereocenters. The molecule has 0 spiro atoms. The van der Waals surface area contributed by atoms with Gasteiger partial charge in [0.25, 0.3) is 11.8 Å². The van der Waals surface area contributed by atoms with Crippen molar-refractivity contribution in [2.75, 3.05) is 23.7 Å². The zero-order valence-corrected chi connectivity index (χ0v) is 26.3. The Kier molecular flexibility index (Phi) is 8.16. The van der Waals surface area contributed by atoms with Gasteiger partial charge in [0.05, 0.1) is 17.3 Å². The third-order valence-electron chi connectivity index (χ3n) is 9.15. The van der Waals surface area contributed by atoms with Gasteiger partial charge in [-0.1, -0.05) is 55.0 Å². The minimum atomic E-state index is -0.203. The van der Waals surface area contributed by atoms with Gasteiger partial charge < -0.3 is 20.5 Å². The lowest BCUT2D eigenvalue weighted by Gasteiger charge is -2.26. The van der Waals surface area contributed by atoms with Gasteiger partial charge in [0.15, 0.2) is 0 Å². The predicted octanol–water partition coefficient (Wildman–Crippen LogP) is 7.59. The number of hydrogen-bond acceptors (Lipinski definition) is 4. The summed E-state index contributed by atoms with van der Waals surface area (Å²) in [5.74, 6) is -0.395. The van der Waals surface area contributed by atoms with Crippen LogP contribution in [0.3, 0.4) is 0 Å². The van der Waals surface area contributed by atoms with Gasteiger partial charge in [-0.15, -0.1) is 0 Å². The molecule has 1 fully saturated rings. The third kappa shape index (κ3) is 6.06. The van der Waals surface area contributed by atoms with Crippen molar-refractivity contribution in [2.24, 2.45) is 7.05 Å². The van der Waals surface area contributed by atoms with E-state index in [0.29, 0.717) is 28.1 Å². The summed E-state index contributed by atoms with van der Waals surface area (Å²) in [5, 5.41) is 10.9. The molecule has 3 N–H and O–H groups in total. The number of nitrogens with one attached hydrogen (secondary N) is 3. The lowest BCUT2D eigenvalue weighted by Crippen LogP contribution is -2.29. The molecular formula is C39H39N5O2. The van der Waals surface area contributed by atoms with Crippen LogP contribution >= 0.6 is 0 Å². The fourth-order valence-corrected chi connectivity index (χ4v) is 6.65. The quantitative estimate of drug-likeness (QED) is 0.159. The molecule has 0 aliphatic carbocycles. The number of piperidine rings is 1. The maximum atomic E-state index is 13.8. The third-order valence-corrected chi connectivity index (χ3v) is 9.15. The van der Waals surface area contributed by atoms with Crippen LogP contribution in [0.15, 0.2) is 103 Å². The van der Waals surface area contributed by atoms with Gasteiger partial charge in [0.2, 0.25) is 0 Å². The first-order valence-electron chi connectivity index (χ1n) is 16.1. The molecule has 2 amide bonds. The standard InChI is InChI=1S/C39H39N5O2/c1-26(28-11-5-3-6-12-28)40-38(45)31-14-16-34-33(24-31)36(39(46)42-34)37(30-15-17-35-29(23-30)18-21-43(35)2)41-32-13-9-10-27(22-32)25-44-19-7-4-8-20-44/h3,5-6,9-18,21-24,26,41H,4,7-8,19-20,25H2,1-2H3,(H,40,45)(H,42,46)/t26-/m1/s1. The number of rotatable bonds is 8. The second kappa shape index (κ2) is 12.7. The molecule has 46 heavy (non-hydrogen) atoms. The number of nitrogens with zero attached hydrogens (tertiary/aromatic N) is 2. The molecular weight excluding hydrogens is 570 g/mol. The van der Waals surface area contributed by atoms with Crippen LogP contribution < -0.4 is 16.0 Å². The first kappa shape index (κ1) is 29.6. The number of likely N-dealkylation sites (tertiary alicyclic amines) is 1. The molecule has 7 rings (SSSR count). The number of carbonyl (C=O) groups is 2. The minimum Gasteiger partial charge on any atom is -0.354 e. The number of carbonyl (C=O) groups excluding carboxylic acids is 2. The summed E-state index contributed by atoms with van der Waals surface area (Å²) in [7, 11) is 2.03. The Hall–Kier alpha value is -5.14. The van der Waals surface area contributed by atoms with E-state index in [9.17, 15) is 9.59 Å². The Morgan fingerprint density at radius 2 is 1.67 bits per heavy atom. The van der Waals surface area contributed by atoms with Gasteiger partial charge in [-0.05, 0) is 98.1 Å². The van der Waals surface area contributed by atoms with Crippen LogP contribution in [0.2, 0.25) is 0 Å². The summed E-state index contributed by atoms with van der Waals surface area (Å²) in [4.78, 5) is 29.7. The van der Waals surface area contributed by atoms with Crippen molar-refractivity contribution in [2.45, 2.75) is 38.8 Å². The van der Waals surface area contributed by atoms with E-state index in [1.807, 2.05) is 68.7 Å². The van der Waals surface area contributed by atoms with Crippen molar-refractivity contribution >= 4 is 45.4 Å². The largest absolute Gasteiger partial charge is 0.354 e. The van der Waals surface area contributed by atoms with Crippen LogP contribution in [0.25, 0.3) is 22.2 Å². The highest BCUT2D eigenvalue weighted by Crippen LogP contribution is 2.39. The number of amides is 2. The molecule has 7 nitrogen and oxygen atoms in total. The Morgan fingerprint density at radius 1 is 0.870 bits per heavy atom. The van der Waals surface area contributed by atoms with Crippen molar-refractivity contribution in [1.29, 1.82) is 0 Å². The number of hydrogen-bond donors (Lipinski definition) is 3. The summed E-state index contributed by atoms with van der Waals surface area (Å²) in [6.07, 6.45) is 5.84. The number of anilines is 2. The van der Waals surface area contributed by atoms with Gasteiger partial charge in [-0.2, -0.15) is 0 Å². The van der Waals surface area contributed by atoms with Crippen molar-refractivity contribution in [3.05, 3.63) is 131 Å². The summed E-state index contributed by atoms with van der Waals surface area (Å²) >= 11 is 0. The molecule has 0 bridgehead atoms. The highest BCUT2D eigenvalue weighted by molar-refractivity contribution is 6.37. The number of fused-ring (bicyclic) bond motifs is 2.